The van der Waals surface area contributed by atoms with Gasteiger partial charge in [0.25, 0.3) is 5.91 Å². The Morgan fingerprint density at radius 3 is 2.75 bits per heavy atom. The van der Waals surface area contributed by atoms with Gasteiger partial charge in [-0.3, -0.25) is 4.79 Å². The number of rotatable bonds is 4. The SMILES string of the molecule is COc1cc2c(cc1/C=N\NC(=O)c1ccc(C)c(Cl)c1)OCO2. The maximum Gasteiger partial charge on any atom is 0.271 e. The highest BCUT2D eigenvalue weighted by molar-refractivity contribution is 6.31. The molecule has 124 valence electrons. The van der Waals surface area contributed by atoms with Gasteiger partial charge in [-0.25, -0.2) is 5.43 Å². The number of carbonyl (C=O) groups excluding carboxylic acids is 1. The molecule has 1 heterocycles. The number of benzene rings is 2. The van der Waals surface area contributed by atoms with E-state index in [-0.39, 0.29) is 12.7 Å². The van der Waals surface area contributed by atoms with E-state index >= 15 is 0 Å². The van der Waals surface area contributed by atoms with Gasteiger partial charge < -0.3 is 14.2 Å². The molecule has 2 aromatic carbocycles. The number of hydrogen-bond acceptors (Lipinski definition) is 5. The lowest BCUT2D eigenvalue weighted by atomic mass is 10.1. The number of fused-ring (bicyclic) bond motifs is 1. The molecule has 2 aromatic rings. The minimum atomic E-state index is -0.354. The Kier molecular flexibility index (Phi) is 4.57. The van der Waals surface area contributed by atoms with E-state index in [0.29, 0.717) is 33.4 Å². The molecule has 0 fully saturated rings. The van der Waals surface area contributed by atoms with E-state index in [1.165, 1.54) is 6.21 Å². The molecule has 0 bridgehead atoms. The standard InChI is InChI=1S/C17H15ClN2O4/c1-10-3-4-11(5-13(10)18)17(21)20-19-8-12-6-15-16(24-9-23-15)7-14(12)22-2/h3-8H,9H2,1-2H3,(H,20,21)/b19-8-. The fraction of sp³-hybridized carbons (Fsp3) is 0.176. The van der Waals surface area contributed by atoms with Gasteiger partial charge in [0.2, 0.25) is 6.79 Å². The molecule has 7 heteroatoms. The smallest absolute Gasteiger partial charge is 0.271 e. The fourth-order valence-electron chi connectivity index (χ4n) is 2.18. The molecule has 1 aliphatic heterocycles. The predicted molar refractivity (Wildman–Crippen MR) is 90.4 cm³/mol. The van der Waals surface area contributed by atoms with Gasteiger partial charge in [0.15, 0.2) is 11.5 Å². The minimum absolute atomic E-state index is 0.171. The second kappa shape index (κ2) is 6.80. The van der Waals surface area contributed by atoms with Gasteiger partial charge in [0.05, 0.1) is 13.3 Å². The van der Waals surface area contributed by atoms with E-state index in [0.717, 1.165) is 5.56 Å². The molecule has 0 aromatic heterocycles. The number of nitrogens with zero attached hydrogens (tertiary/aromatic N) is 1. The molecule has 1 aliphatic rings. The Balaban J connectivity index is 1.74. The zero-order valence-electron chi connectivity index (χ0n) is 13.1. The number of carbonyl (C=O) groups is 1. The second-order valence-corrected chi connectivity index (χ2v) is 5.52. The summed E-state index contributed by atoms with van der Waals surface area (Å²) in [4.78, 5) is 12.1. The molecule has 0 unspecified atom stereocenters. The monoisotopic (exact) mass is 346 g/mol. The van der Waals surface area contributed by atoms with Crippen molar-refractivity contribution in [2.24, 2.45) is 5.10 Å². The van der Waals surface area contributed by atoms with Crippen LogP contribution >= 0.6 is 11.6 Å². The Morgan fingerprint density at radius 2 is 2.04 bits per heavy atom. The van der Waals surface area contributed by atoms with E-state index in [9.17, 15) is 4.79 Å². The summed E-state index contributed by atoms with van der Waals surface area (Å²) >= 11 is 6.02. The molecule has 0 radical (unpaired) electrons. The number of ether oxygens (including phenoxy) is 3. The molecule has 1 N–H and O–H groups in total. The molecule has 1 amide bonds. The van der Waals surface area contributed by atoms with Gasteiger partial charge in [0, 0.05) is 22.2 Å². The van der Waals surface area contributed by atoms with E-state index < -0.39 is 0 Å². The topological polar surface area (TPSA) is 69.2 Å². The van der Waals surface area contributed by atoms with Crippen molar-refractivity contribution in [3.63, 3.8) is 0 Å². The summed E-state index contributed by atoms with van der Waals surface area (Å²) in [5.41, 5.74) is 4.45. The third-order valence-corrected chi connectivity index (χ3v) is 3.94. The van der Waals surface area contributed by atoms with Gasteiger partial charge in [0.1, 0.15) is 5.75 Å². The third-order valence-electron chi connectivity index (χ3n) is 3.53. The van der Waals surface area contributed by atoms with E-state index in [4.69, 9.17) is 25.8 Å². The van der Waals surface area contributed by atoms with Crippen LogP contribution in [0.25, 0.3) is 0 Å². The van der Waals surface area contributed by atoms with Crippen LogP contribution in [-0.2, 0) is 0 Å². The molecule has 0 saturated heterocycles. The van der Waals surface area contributed by atoms with Crippen LogP contribution in [0.2, 0.25) is 5.02 Å². The van der Waals surface area contributed by atoms with Crippen LogP contribution in [0.15, 0.2) is 35.4 Å². The highest BCUT2D eigenvalue weighted by Gasteiger charge is 2.17. The zero-order chi connectivity index (χ0) is 17.1. The Labute approximate surface area is 144 Å². The number of hydrogen-bond donors (Lipinski definition) is 1. The van der Waals surface area contributed by atoms with Gasteiger partial charge in [-0.15, -0.1) is 0 Å². The van der Waals surface area contributed by atoms with Crippen molar-refractivity contribution in [2.75, 3.05) is 13.9 Å². The summed E-state index contributed by atoms with van der Waals surface area (Å²) in [6.07, 6.45) is 1.48. The number of amides is 1. The Morgan fingerprint density at radius 1 is 1.29 bits per heavy atom. The molecular formula is C17H15ClN2O4. The second-order valence-electron chi connectivity index (χ2n) is 5.11. The Hall–Kier alpha value is -2.73. The predicted octanol–water partition coefficient (Wildman–Crippen LogP) is 3.15. The summed E-state index contributed by atoms with van der Waals surface area (Å²) in [7, 11) is 1.54. The molecular weight excluding hydrogens is 332 g/mol. The van der Waals surface area contributed by atoms with Crippen LogP contribution in [0.1, 0.15) is 21.5 Å². The van der Waals surface area contributed by atoms with Crippen LogP contribution < -0.4 is 19.6 Å². The number of hydrazone groups is 1. The molecule has 24 heavy (non-hydrogen) atoms. The van der Waals surface area contributed by atoms with E-state index in [1.807, 2.05) is 6.92 Å². The lowest BCUT2D eigenvalue weighted by Gasteiger charge is -2.06. The van der Waals surface area contributed by atoms with Crippen molar-refractivity contribution in [2.45, 2.75) is 6.92 Å². The van der Waals surface area contributed by atoms with Crippen molar-refractivity contribution in [3.05, 3.63) is 52.0 Å². The molecule has 0 atom stereocenters. The van der Waals surface area contributed by atoms with Crippen molar-refractivity contribution in [1.29, 1.82) is 0 Å². The maximum atomic E-state index is 12.1. The highest BCUT2D eigenvalue weighted by atomic mass is 35.5. The normalized spacial score (nSPS) is 12.5. The average molecular weight is 347 g/mol. The number of nitrogens with one attached hydrogen (secondary N) is 1. The first-order chi connectivity index (χ1) is 11.6. The van der Waals surface area contributed by atoms with Crippen LogP contribution in [-0.4, -0.2) is 26.0 Å². The first kappa shape index (κ1) is 16.1. The number of aryl methyl sites for hydroxylation is 1. The minimum Gasteiger partial charge on any atom is -0.496 e. The van der Waals surface area contributed by atoms with Crippen LogP contribution in [0.3, 0.4) is 0 Å². The lowest BCUT2D eigenvalue weighted by Crippen LogP contribution is -2.17. The van der Waals surface area contributed by atoms with E-state index in [2.05, 4.69) is 10.5 Å². The summed E-state index contributed by atoms with van der Waals surface area (Å²) < 4.78 is 15.9. The van der Waals surface area contributed by atoms with Gasteiger partial charge in [-0.2, -0.15) is 5.10 Å². The van der Waals surface area contributed by atoms with Crippen LogP contribution in [0.5, 0.6) is 17.2 Å². The van der Waals surface area contributed by atoms with Crippen molar-refractivity contribution in [1.82, 2.24) is 5.43 Å². The van der Waals surface area contributed by atoms with Crippen molar-refractivity contribution >= 4 is 23.7 Å². The largest absolute Gasteiger partial charge is 0.496 e. The Bertz CT molecular complexity index is 820. The lowest BCUT2D eigenvalue weighted by molar-refractivity contribution is 0.0955. The first-order valence-corrected chi connectivity index (χ1v) is 7.53. The molecule has 6 nitrogen and oxygen atoms in total. The van der Waals surface area contributed by atoms with E-state index in [1.54, 1.807) is 37.4 Å². The van der Waals surface area contributed by atoms with Crippen LogP contribution in [0.4, 0.5) is 0 Å². The summed E-state index contributed by atoms with van der Waals surface area (Å²) in [6.45, 7) is 2.04. The molecule has 0 saturated carbocycles. The maximum absolute atomic E-state index is 12.1. The van der Waals surface area contributed by atoms with Gasteiger partial charge >= 0.3 is 0 Å². The van der Waals surface area contributed by atoms with Gasteiger partial charge in [-0.05, 0) is 30.7 Å². The number of methoxy groups -OCH3 is 1. The third kappa shape index (κ3) is 3.28. The summed E-state index contributed by atoms with van der Waals surface area (Å²) in [5, 5.41) is 4.49. The summed E-state index contributed by atoms with van der Waals surface area (Å²) in [5.74, 6) is 1.43. The number of halogens is 1. The average Bonchev–Trinajstić information content (AvgIpc) is 3.03. The summed E-state index contributed by atoms with van der Waals surface area (Å²) in [6, 6.07) is 8.52. The molecule has 0 spiro atoms. The zero-order valence-corrected chi connectivity index (χ0v) is 13.9. The fourth-order valence-corrected chi connectivity index (χ4v) is 2.36. The quantitative estimate of drug-likeness (QED) is 0.682. The van der Waals surface area contributed by atoms with Crippen LogP contribution in [0, 0.1) is 6.92 Å². The van der Waals surface area contributed by atoms with Crippen molar-refractivity contribution < 1.29 is 19.0 Å². The first-order valence-electron chi connectivity index (χ1n) is 7.15. The van der Waals surface area contributed by atoms with Gasteiger partial charge in [-0.1, -0.05) is 17.7 Å². The molecule has 3 rings (SSSR count). The molecule has 0 aliphatic carbocycles. The highest BCUT2D eigenvalue weighted by Crippen LogP contribution is 2.37. The van der Waals surface area contributed by atoms with Crippen molar-refractivity contribution in [3.8, 4) is 17.2 Å².